The minimum Gasteiger partial charge on any atom is -0.381 e. The molecule has 1 atom stereocenters. The molecule has 10 heteroatoms. The van der Waals surface area contributed by atoms with Gasteiger partial charge in [0.05, 0.1) is 17.2 Å². The molecule has 2 aromatic heterocycles. The van der Waals surface area contributed by atoms with Crippen LogP contribution >= 0.6 is 0 Å². The van der Waals surface area contributed by atoms with Gasteiger partial charge in [0.1, 0.15) is 0 Å². The smallest absolute Gasteiger partial charge is 0.381 e. The number of amides is 1. The third kappa shape index (κ3) is 4.03. The fourth-order valence-electron chi connectivity index (χ4n) is 4.93. The number of anilines is 1. The van der Waals surface area contributed by atoms with Crippen LogP contribution in [0.1, 0.15) is 58.9 Å². The summed E-state index contributed by atoms with van der Waals surface area (Å²) in [7, 11) is 0. The van der Waals surface area contributed by atoms with Crippen LogP contribution in [0.4, 0.5) is 19.1 Å². The van der Waals surface area contributed by atoms with E-state index in [4.69, 9.17) is 4.74 Å². The van der Waals surface area contributed by atoms with E-state index in [-0.39, 0.29) is 23.3 Å². The molecule has 1 spiro atoms. The van der Waals surface area contributed by atoms with E-state index in [1.807, 2.05) is 4.90 Å². The van der Waals surface area contributed by atoms with Crippen LogP contribution in [0.2, 0.25) is 0 Å². The van der Waals surface area contributed by atoms with E-state index in [2.05, 4.69) is 20.3 Å². The first-order valence-electron chi connectivity index (χ1n) is 10.8. The van der Waals surface area contributed by atoms with Crippen LogP contribution in [0.25, 0.3) is 0 Å². The standard InChI is InChI=1S/C22H24F3N5O2/c23-22(24,25)15-9-16-17(26-12-15)1-2-18(16)29-20-27-10-14(11-28-20)19(31)30-6-3-21(13-30)4-7-32-8-5-21/h9-12,18H,1-8,13H2,(H,27,28,29). The number of alkyl halides is 3. The third-order valence-electron chi connectivity index (χ3n) is 6.86. The first-order valence-corrected chi connectivity index (χ1v) is 10.8. The Morgan fingerprint density at radius 1 is 1.12 bits per heavy atom. The first-order chi connectivity index (χ1) is 15.3. The summed E-state index contributed by atoms with van der Waals surface area (Å²) < 4.78 is 44.6. The summed E-state index contributed by atoms with van der Waals surface area (Å²) in [4.78, 5) is 27.2. The minimum absolute atomic E-state index is 0.0925. The lowest BCUT2D eigenvalue weighted by Gasteiger charge is -2.33. The average Bonchev–Trinajstić information content (AvgIpc) is 3.38. The predicted octanol–water partition coefficient (Wildman–Crippen LogP) is 3.63. The van der Waals surface area contributed by atoms with Crippen molar-refractivity contribution in [3.8, 4) is 0 Å². The fourth-order valence-corrected chi connectivity index (χ4v) is 4.93. The molecule has 2 saturated heterocycles. The van der Waals surface area contributed by atoms with E-state index in [0.29, 0.717) is 36.2 Å². The molecular weight excluding hydrogens is 423 g/mol. The summed E-state index contributed by atoms with van der Waals surface area (Å²) in [5.74, 6) is 0.185. The summed E-state index contributed by atoms with van der Waals surface area (Å²) in [5.41, 5.74) is 0.975. The Kier molecular flexibility index (Phi) is 5.27. The van der Waals surface area contributed by atoms with Crippen molar-refractivity contribution in [2.75, 3.05) is 31.6 Å². The number of aromatic nitrogens is 3. The Morgan fingerprint density at radius 2 is 1.88 bits per heavy atom. The quantitative estimate of drug-likeness (QED) is 0.774. The summed E-state index contributed by atoms with van der Waals surface area (Å²) in [6, 6.07) is 0.790. The molecule has 1 N–H and O–H groups in total. The number of aryl methyl sites for hydroxylation is 1. The summed E-state index contributed by atoms with van der Waals surface area (Å²) in [5, 5.41) is 3.09. The molecule has 32 heavy (non-hydrogen) atoms. The van der Waals surface area contributed by atoms with E-state index < -0.39 is 11.7 Å². The number of nitrogens with zero attached hydrogens (tertiary/aromatic N) is 4. The van der Waals surface area contributed by atoms with Crippen molar-refractivity contribution in [3.63, 3.8) is 0 Å². The SMILES string of the molecule is O=C(c1cnc(NC2CCc3ncc(C(F)(F)F)cc32)nc1)N1CCC2(CCOCC2)C1. The lowest BCUT2D eigenvalue weighted by Crippen LogP contribution is -2.35. The molecule has 1 aliphatic carbocycles. The molecule has 2 aliphatic heterocycles. The second-order valence-electron chi connectivity index (χ2n) is 8.88. The third-order valence-corrected chi connectivity index (χ3v) is 6.86. The zero-order valence-corrected chi connectivity index (χ0v) is 17.5. The highest BCUT2D eigenvalue weighted by Gasteiger charge is 2.41. The van der Waals surface area contributed by atoms with E-state index in [9.17, 15) is 18.0 Å². The second kappa shape index (κ2) is 7.99. The van der Waals surface area contributed by atoms with Gasteiger partial charge >= 0.3 is 6.18 Å². The highest BCUT2D eigenvalue weighted by atomic mass is 19.4. The van der Waals surface area contributed by atoms with Gasteiger partial charge in [0.15, 0.2) is 0 Å². The first kappa shape index (κ1) is 21.1. The maximum Gasteiger partial charge on any atom is 0.417 e. The molecule has 5 rings (SSSR count). The number of carbonyl (C=O) groups excluding carboxylic acids is 1. The highest BCUT2D eigenvalue weighted by Crippen LogP contribution is 2.40. The molecule has 1 amide bonds. The Labute approximate surface area is 183 Å². The molecule has 0 saturated carbocycles. The van der Waals surface area contributed by atoms with Gasteiger partial charge in [0.25, 0.3) is 5.91 Å². The van der Waals surface area contributed by atoms with E-state index in [0.717, 1.165) is 51.3 Å². The van der Waals surface area contributed by atoms with Crippen LogP contribution < -0.4 is 5.32 Å². The van der Waals surface area contributed by atoms with Crippen LogP contribution in [0.5, 0.6) is 0 Å². The number of carbonyl (C=O) groups is 1. The molecule has 4 heterocycles. The number of hydrogen-bond donors (Lipinski definition) is 1. The highest BCUT2D eigenvalue weighted by molar-refractivity contribution is 5.94. The van der Waals surface area contributed by atoms with Gasteiger partial charge in [-0.2, -0.15) is 13.2 Å². The Hall–Kier alpha value is -2.75. The number of ether oxygens (including phenoxy) is 1. The number of hydrogen-bond acceptors (Lipinski definition) is 6. The molecular formula is C22H24F3N5O2. The topological polar surface area (TPSA) is 80.2 Å². The number of pyridine rings is 1. The molecule has 0 bridgehead atoms. The summed E-state index contributed by atoms with van der Waals surface area (Å²) in [6.45, 7) is 2.93. The molecule has 0 aromatic carbocycles. The van der Waals surface area contributed by atoms with E-state index >= 15 is 0 Å². The van der Waals surface area contributed by atoms with Crippen molar-refractivity contribution < 1.29 is 22.7 Å². The Bertz CT molecular complexity index is 1010. The number of nitrogens with one attached hydrogen (secondary N) is 1. The van der Waals surface area contributed by atoms with Gasteiger partial charge < -0.3 is 15.0 Å². The summed E-state index contributed by atoms with van der Waals surface area (Å²) in [6.07, 6.45) is 3.52. The van der Waals surface area contributed by atoms with Gasteiger partial charge in [-0.05, 0) is 49.1 Å². The molecule has 0 radical (unpaired) electrons. The zero-order valence-electron chi connectivity index (χ0n) is 17.5. The molecule has 1 unspecified atom stereocenters. The number of likely N-dealkylation sites (tertiary alicyclic amines) is 1. The van der Waals surface area contributed by atoms with Crippen molar-refractivity contribution in [3.05, 3.63) is 47.0 Å². The fraction of sp³-hybridized carbons (Fsp3) is 0.545. The van der Waals surface area contributed by atoms with Crippen LogP contribution in [0.3, 0.4) is 0 Å². The maximum atomic E-state index is 13.0. The van der Waals surface area contributed by atoms with E-state index in [1.165, 1.54) is 12.4 Å². The zero-order chi connectivity index (χ0) is 22.3. The number of fused-ring (bicyclic) bond motifs is 1. The molecule has 3 aliphatic rings. The molecule has 7 nitrogen and oxygen atoms in total. The van der Waals surface area contributed by atoms with Crippen LogP contribution in [-0.2, 0) is 17.3 Å². The van der Waals surface area contributed by atoms with Crippen LogP contribution in [0.15, 0.2) is 24.7 Å². The maximum absolute atomic E-state index is 13.0. The largest absolute Gasteiger partial charge is 0.417 e. The van der Waals surface area contributed by atoms with Crippen LogP contribution in [0, 0.1) is 5.41 Å². The summed E-state index contributed by atoms with van der Waals surface area (Å²) >= 11 is 0. The Balaban J connectivity index is 1.25. The van der Waals surface area contributed by atoms with Gasteiger partial charge in [-0.15, -0.1) is 0 Å². The van der Waals surface area contributed by atoms with Crippen molar-refractivity contribution in [1.82, 2.24) is 19.9 Å². The second-order valence-corrected chi connectivity index (χ2v) is 8.88. The Morgan fingerprint density at radius 3 is 2.59 bits per heavy atom. The number of halogens is 3. The normalized spacial score (nSPS) is 22.2. The van der Waals surface area contributed by atoms with Crippen molar-refractivity contribution in [2.24, 2.45) is 5.41 Å². The van der Waals surface area contributed by atoms with Gasteiger partial charge in [-0.25, -0.2) is 9.97 Å². The predicted molar refractivity (Wildman–Crippen MR) is 109 cm³/mol. The molecule has 2 fully saturated rings. The minimum atomic E-state index is -4.44. The van der Waals surface area contributed by atoms with Gasteiger partial charge in [0.2, 0.25) is 5.95 Å². The monoisotopic (exact) mass is 447 g/mol. The molecule has 170 valence electrons. The van der Waals surface area contributed by atoms with Crippen molar-refractivity contribution in [1.29, 1.82) is 0 Å². The van der Waals surface area contributed by atoms with Gasteiger partial charge in [-0.1, -0.05) is 0 Å². The van der Waals surface area contributed by atoms with E-state index in [1.54, 1.807) is 0 Å². The number of rotatable bonds is 3. The average molecular weight is 447 g/mol. The van der Waals surface area contributed by atoms with Crippen molar-refractivity contribution in [2.45, 2.75) is 44.3 Å². The van der Waals surface area contributed by atoms with Gasteiger partial charge in [-0.3, -0.25) is 9.78 Å². The van der Waals surface area contributed by atoms with Crippen molar-refractivity contribution >= 4 is 11.9 Å². The van der Waals surface area contributed by atoms with Gasteiger partial charge in [0, 0.05) is 50.6 Å². The lowest BCUT2D eigenvalue weighted by molar-refractivity contribution is -0.137. The molecule has 2 aromatic rings. The van der Waals surface area contributed by atoms with Crippen LogP contribution in [-0.4, -0.2) is 52.1 Å². The lowest BCUT2D eigenvalue weighted by atomic mass is 9.80.